The first kappa shape index (κ1) is 19.3. The zero-order chi connectivity index (χ0) is 21.4. The molecule has 0 spiro atoms. The zero-order valence-corrected chi connectivity index (χ0v) is 17.4. The van der Waals surface area contributed by atoms with E-state index in [-0.39, 0.29) is 11.9 Å². The number of rotatable bonds is 3. The molecule has 1 fully saturated rings. The molecular formula is C24H19ClN6. The van der Waals surface area contributed by atoms with Crippen LogP contribution in [0.25, 0.3) is 22.2 Å². The van der Waals surface area contributed by atoms with E-state index < -0.39 is 0 Å². The lowest BCUT2D eigenvalue weighted by Gasteiger charge is -2.28. The molecule has 0 amide bonds. The Balaban J connectivity index is 1.72. The highest BCUT2D eigenvalue weighted by atomic mass is 35.5. The van der Waals surface area contributed by atoms with Gasteiger partial charge in [-0.25, -0.2) is 15.0 Å². The molecule has 1 saturated heterocycles. The second-order valence-electron chi connectivity index (χ2n) is 7.52. The van der Waals surface area contributed by atoms with Crippen LogP contribution in [-0.2, 0) is 0 Å². The highest BCUT2D eigenvalue weighted by Crippen LogP contribution is 2.42. The van der Waals surface area contributed by atoms with Gasteiger partial charge in [-0.15, -0.1) is 0 Å². The molecular weight excluding hydrogens is 408 g/mol. The average molecular weight is 427 g/mol. The molecule has 2 N–H and O–H groups in total. The molecule has 1 aliphatic rings. The van der Waals surface area contributed by atoms with Crippen LogP contribution in [0.5, 0.6) is 0 Å². The summed E-state index contributed by atoms with van der Waals surface area (Å²) in [6.45, 7) is 0.775. The van der Waals surface area contributed by atoms with Crippen molar-refractivity contribution in [3.63, 3.8) is 0 Å². The summed E-state index contributed by atoms with van der Waals surface area (Å²) in [5, 5.41) is 11.3. The van der Waals surface area contributed by atoms with E-state index in [0.717, 1.165) is 47.1 Å². The van der Waals surface area contributed by atoms with E-state index in [2.05, 4.69) is 39.1 Å². The molecule has 1 aliphatic heterocycles. The number of halogens is 1. The number of benzene rings is 2. The maximum atomic E-state index is 9.66. The van der Waals surface area contributed by atoms with Gasteiger partial charge in [0.05, 0.1) is 22.3 Å². The third-order valence-electron chi connectivity index (χ3n) is 5.73. The molecule has 6 nitrogen and oxygen atoms in total. The SMILES string of the molecule is N#Cc1c(N)ncnc1N1CCCC1c1cc2cccc(Cl)c2nc1-c1ccccc1. The molecule has 0 bridgehead atoms. The summed E-state index contributed by atoms with van der Waals surface area (Å²) in [4.78, 5) is 15.5. The summed E-state index contributed by atoms with van der Waals surface area (Å²) in [5.74, 6) is 0.771. The first-order valence-corrected chi connectivity index (χ1v) is 10.5. The summed E-state index contributed by atoms with van der Waals surface area (Å²) < 4.78 is 0. The van der Waals surface area contributed by atoms with Crippen molar-refractivity contribution in [3.8, 4) is 17.3 Å². The van der Waals surface area contributed by atoms with Crippen molar-refractivity contribution < 1.29 is 0 Å². The van der Waals surface area contributed by atoms with Crippen molar-refractivity contribution in [3.05, 3.63) is 77.1 Å². The van der Waals surface area contributed by atoms with Crippen LogP contribution in [0.15, 0.2) is 60.9 Å². The fourth-order valence-corrected chi connectivity index (χ4v) is 4.54. The topological polar surface area (TPSA) is 91.7 Å². The summed E-state index contributed by atoms with van der Waals surface area (Å²) >= 11 is 6.47. The van der Waals surface area contributed by atoms with Crippen molar-refractivity contribution in [2.75, 3.05) is 17.2 Å². The number of nitrogen functional groups attached to an aromatic ring is 1. The Morgan fingerprint density at radius 2 is 1.94 bits per heavy atom. The number of hydrogen-bond donors (Lipinski definition) is 1. The van der Waals surface area contributed by atoms with Gasteiger partial charge in [0.2, 0.25) is 0 Å². The Hall–Kier alpha value is -3.69. The lowest BCUT2D eigenvalue weighted by Crippen LogP contribution is -2.25. The Kier molecular flexibility index (Phi) is 4.89. The molecule has 1 unspecified atom stereocenters. The third-order valence-corrected chi connectivity index (χ3v) is 6.03. The van der Waals surface area contributed by atoms with Crippen LogP contribution in [0.3, 0.4) is 0 Å². The minimum atomic E-state index is 0.00693. The minimum absolute atomic E-state index is 0.00693. The number of pyridine rings is 1. The van der Waals surface area contributed by atoms with Gasteiger partial charge in [-0.05, 0) is 25.0 Å². The van der Waals surface area contributed by atoms with Crippen molar-refractivity contribution in [1.29, 1.82) is 5.26 Å². The molecule has 5 rings (SSSR count). The standard InChI is InChI=1S/C24H19ClN6/c25-19-9-4-8-16-12-17(21(30-22(16)19)15-6-2-1-3-7-15)20-10-5-11-31(20)24-18(13-26)23(27)28-14-29-24/h1-4,6-9,12,14,20H,5,10-11H2,(H2,27,28,29). The first-order chi connectivity index (χ1) is 15.2. The highest BCUT2D eigenvalue weighted by molar-refractivity contribution is 6.35. The van der Waals surface area contributed by atoms with E-state index in [1.807, 2.05) is 36.4 Å². The molecule has 3 heterocycles. The second kappa shape index (κ2) is 7.86. The number of nitrogens with zero attached hydrogens (tertiary/aromatic N) is 5. The van der Waals surface area contributed by atoms with Crippen molar-refractivity contribution in [2.24, 2.45) is 0 Å². The van der Waals surface area contributed by atoms with Gasteiger partial charge in [0.15, 0.2) is 5.82 Å². The maximum absolute atomic E-state index is 9.66. The molecule has 2 aromatic carbocycles. The van der Waals surface area contributed by atoms with Gasteiger partial charge >= 0.3 is 0 Å². The van der Waals surface area contributed by atoms with E-state index in [0.29, 0.717) is 16.4 Å². The van der Waals surface area contributed by atoms with Gasteiger partial charge in [0.1, 0.15) is 23.8 Å². The van der Waals surface area contributed by atoms with Gasteiger partial charge in [-0.1, -0.05) is 54.1 Å². The van der Waals surface area contributed by atoms with E-state index in [4.69, 9.17) is 22.3 Å². The van der Waals surface area contributed by atoms with Gasteiger partial charge in [0, 0.05) is 23.1 Å². The number of fused-ring (bicyclic) bond motifs is 1. The van der Waals surface area contributed by atoms with Crippen LogP contribution in [0.4, 0.5) is 11.6 Å². The summed E-state index contributed by atoms with van der Waals surface area (Å²) in [6, 6.07) is 20.3. The lowest BCUT2D eigenvalue weighted by atomic mass is 9.96. The largest absolute Gasteiger partial charge is 0.382 e. The van der Waals surface area contributed by atoms with Crippen LogP contribution in [0, 0.1) is 11.3 Å². The van der Waals surface area contributed by atoms with Crippen LogP contribution in [0.2, 0.25) is 5.02 Å². The van der Waals surface area contributed by atoms with Gasteiger partial charge < -0.3 is 10.6 Å². The van der Waals surface area contributed by atoms with Gasteiger partial charge in [-0.2, -0.15) is 5.26 Å². The number of nitrogens with two attached hydrogens (primary N) is 1. The van der Waals surface area contributed by atoms with Crippen LogP contribution in [0.1, 0.15) is 30.0 Å². The Bertz CT molecular complexity index is 1320. The number of nitriles is 1. The fraction of sp³-hybridized carbons (Fsp3) is 0.167. The minimum Gasteiger partial charge on any atom is -0.382 e. The number of para-hydroxylation sites is 1. The summed E-state index contributed by atoms with van der Waals surface area (Å²) in [5.41, 5.74) is 10.1. The predicted octanol–water partition coefficient (Wildman–Crippen LogP) is 5.14. The number of aromatic nitrogens is 3. The quantitative estimate of drug-likeness (QED) is 0.487. The van der Waals surface area contributed by atoms with Crippen molar-refractivity contribution in [2.45, 2.75) is 18.9 Å². The average Bonchev–Trinajstić information content (AvgIpc) is 3.28. The third kappa shape index (κ3) is 3.33. The van der Waals surface area contributed by atoms with E-state index in [1.54, 1.807) is 0 Å². The van der Waals surface area contributed by atoms with Crippen LogP contribution in [-0.4, -0.2) is 21.5 Å². The van der Waals surface area contributed by atoms with Gasteiger partial charge in [0.25, 0.3) is 0 Å². The van der Waals surface area contributed by atoms with E-state index >= 15 is 0 Å². The zero-order valence-electron chi connectivity index (χ0n) is 16.7. The molecule has 152 valence electrons. The molecule has 0 aliphatic carbocycles. The fourth-order valence-electron chi connectivity index (χ4n) is 4.32. The maximum Gasteiger partial charge on any atom is 0.152 e. The molecule has 2 aromatic heterocycles. The van der Waals surface area contributed by atoms with Crippen LogP contribution < -0.4 is 10.6 Å². The second-order valence-corrected chi connectivity index (χ2v) is 7.93. The predicted molar refractivity (Wildman–Crippen MR) is 123 cm³/mol. The molecule has 0 radical (unpaired) electrons. The molecule has 7 heteroatoms. The Morgan fingerprint density at radius 3 is 2.74 bits per heavy atom. The van der Waals surface area contributed by atoms with E-state index in [1.165, 1.54) is 6.33 Å². The molecule has 4 aromatic rings. The normalized spacial score (nSPS) is 15.9. The monoisotopic (exact) mass is 426 g/mol. The van der Waals surface area contributed by atoms with E-state index in [9.17, 15) is 5.26 Å². The molecule has 31 heavy (non-hydrogen) atoms. The highest BCUT2D eigenvalue weighted by Gasteiger charge is 2.32. The van der Waals surface area contributed by atoms with Crippen molar-refractivity contribution in [1.82, 2.24) is 15.0 Å². The van der Waals surface area contributed by atoms with Crippen LogP contribution >= 0.6 is 11.6 Å². The number of hydrogen-bond acceptors (Lipinski definition) is 6. The lowest BCUT2D eigenvalue weighted by molar-refractivity contribution is 0.710. The Labute approximate surface area is 185 Å². The summed E-state index contributed by atoms with van der Waals surface area (Å²) in [7, 11) is 0. The smallest absolute Gasteiger partial charge is 0.152 e. The number of anilines is 2. The molecule has 1 atom stereocenters. The summed E-state index contributed by atoms with van der Waals surface area (Å²) in [6.07, 6.45) is 3.31. The first-order valence-electron chi connectivity index (χ1n) is 10.1. The Morgan fingerprint density at radius 1 is 1.10 bits per heavy atom. The van der Waals surface area contributed by atoms with Gasteiger partial charge in [-0.3, -0.25) is 0 Å². The van der Waals surface area contributed by atoms with Crippen molar-refractivity contribution >= 4 is 34.1 Å². The molecule has 0 saturated carbocycles.